The second-order valence-corrected chi connectivity index (χ2v) is 6.17. The van der Waals surface area contributed by atoms with Gasteiger partial charge in [-0.2, -0.15) is 0 Å². The van der Waals surface area contributed by atoms with E-state index in [-0.39, 0.29) is 6.10 Å². The van der Waals surface area contributed by atoms with Gasteiger partial charge < -0.3 is 10.1 Å². The van der Waals surface area contributed by atoms with Crippen LogP contribution in [0.4, 0.5) is 0 Å². The number of unbranched alkanes of at least 4 members (excludes halogenated alkanes) is 3. The first-order valence-corrected chi connectivity index (χ1v) is 8.60. The molecule has 0 spiro atoms. The van der Waals surface area contributed by atoms with Crippen LogP contribution in [0.1, 0.15) is 52.0 Å². The van der Waals surface area contributed by atoms with Crippen molar-refractivity contribution in [3.63, 3.8) is 0 Å². The quantitative estimate of drug-likeness (QED) is 0.635. The smallest absolute Gasteiger partial charge is 0.124 e. The second-order valence-electron chi connectivity index (χ2n) is 6.17. The molecule has 0 saturated heterocycles. The molecule has 2 aromatic carbocycles. The van der Waals surface area contributed by atoms with E-state index in [0.29, 0.717) is 0 Å². The summed E-state index contributed by atoms with van der Waals surface area (Å²) in [5.41, 5.74) is 1.28. The molecule has 0 unspecified atom stereocenters. The maximum Gasteiger partial charge on any atom is 0.124 e. The van der Waals surface area contributed by atoms with E-state index in [4.69, 9.17) is 4.74 Å². The van der Waals surface area contributed by atoms with Gasteiger partial charge in [-0.15, -0.1) is 0 Å². The van der Waals surface area contributed by atoms with E-state index >= 15 is 0 Å². The molecule has 0 aromatic heterocycles. The topological polar surface area (TPSA) is 21.3 Å². The Labute approximate surface area is 134 Å². The molecule has 0 heterocycles. The fourth-order valence-electron chi connectivity index (χ4n) is 2.75. The average Bonchev–Trinajstić information content (AvgIpc) is 2.51. The van der Waals surface area contributed by atoms with Gasteiger partial charge in [0.15, 0.2) is 0 Å². The van der Waals surface area contributed by atoms with E-state index < -0.39 is 0 Å². The molecule has 120 valence electrons. The summed E-state index contributed by atoms with van der Waals surface area (Å²) in [6.07, 6.45) is 5.38. The normalized spacial score (nSPS) is 11.3. The third-order valence-corrected chi connectivity index (χ3v) is 3.87. The van der Waals surface area contributed by atoms with Gasteiger partial charge in [0.05, 0.1) is 6.10 Å². The Morgan fingerprint density at radius 3 is 2.59 bits per heavy atom. The molecule has 0 aliphatic carbocycles. The molecule has 0 aliphatic heterocycles. The highest BCUT2D eigenvalue weighted by molar-refractivity contribution is 5.87. The third kappa shape index (κ3) is 4.74. The number of nitrogens with one attached hydrogen (secondary N) is 1. The molecule has 0 radical (unpaired) electrons. The SMILES string of the molecule is CCCCCCNCc1c(OC(C)C)ccc2ccccc12. The number of hydrogen-bond acceptors (Lipinski definition) is 2. The van der Waals surface area contributed by atoms with Crippen LogP contribution in [0, 0.1) is 0 Å². The highest BCUT2D eigenvalue weighted by atomic mass is 16.5. The Morgan fingerprint density at radius 1 is 1.00 bits per heavy atom. The van der Waals surface area contributed by atoms with Crippen molar-refractivity contribution >= 4 is 10.8 Å². The molecule has 2 heteroatoms. The van der Waals surface area contributed by atoms with Gasteiger partial charge in [-0.1, -0.05) is 56.5 Å². The Kier molecular flexibility index (Phi) is 6.73. The van der Waals surface area contributed by atoms with Crippen molar-refractivity contribution in [2.75, 3.05) is 6.54 Å². The van der Waals surface area contributed by atoms with Crippen LogP contribution in [0.2, 0.25) is 0 Å². The van der Waals surface area contributed by atoms with Crippen molar-refractivity contribution in [3.8, 4) is 5.75 Å². The number of rotatable bonds is 9. The number of hydrogen-bond donors (Lipinski definition) is 1. The van der Waals surface area contributed by atoms with Gasteiger partial charge in [0.2, 0.25) is 0 Å². The summed E-state index contributed by atoms with van der Waals surface area (Å²) in [7, 11) is 0. The van der Waals surface area contributed by atoms with Crippen LogP contribution in [0.15, 0.2) is 36.4 Å². The van der Waals surface area contributed by atoms with Gasteiger partial charge in [0.25, 0.3) is 0 Å². The van der Waals surface area contributed by atoms with E-state index in [2.05, 4.69) is 62.5 Å². The largest absolute Gasteiger partial charge is 0.491 e. The van der Waals surface area contributed by atoms with Gasteiger partial charge in [-0.3, -0.25) is 0 Å². The molecule has 0 bridgehead atoms. The maximum absolute atomic E-state index is 6.01. The first-order valence-electron chi connectivity index (χ1n) is 8.60. The molecule has 2 rings (SSSR count). The molecule has 2 nitrogen and oxygen atoms in total. The Hall–Kier alpha value is -1.54. The third-order valence-electron chi connectivity index (χ3n) is 3.87. The summed E-state index contributed by atoms with van der Waals surface area (Å²) in [5.74, 6) is 1.01. The van der Waals surface area contributed by atoms with Crippen molar-refractivity contribution in [3.05, 3.63) is 42.0 Å². The Bertz CT molecular complexity index is 577. The lowest BCUT2D eigenvalue weighted by atomic mass is 10.0. The van der Waals surface area contributed by atoms with Gasteiger partial charge in [0.1, 0.15) is 5.75 Å². The monoisotopic (exact) mass is 299 g/mol. The highest BCUT2D eigenvalue weighted by Gasteiger charge is 2.09. The molecule has 0 fully saturated rings. The Morgan fingerprint density at radius 2 is 1.82 bits per heavy atom. The minimum absolute atomic E-state index is 0.199. The predicted octanol–water partition coefficient (Wildman–Crippen LogP) is 5.30. The van der Waals surface area contributed by atoms with E-state index in [1.807, 2.05) is 0 Å². The lowest BCUT2D eigenvalue weighted by molar-refractivity contribution is 0.240. The van der Waals surface area contributed by atoms with Gasteiger partial charge in [0, 0.05) is 12.1 Å². The molecule has 2 aromatic rings. The van der Waals surface area contributed by atoms with E-state index in [0.717, 1.165) is 18.8 Å². The van der Waals surface area contributed by atoms with Crippen molar-refractivity contribution in [2.45, 2.75) is 59.1 Å². The zero-order valence-corrected chi connectivity index (χ0v) is 14.2. The summed E-state index contributed by atoms with van der Waals surface area (Å²) >= 11 is 0. The predicted molar refractivity (Wildman–Crippen MR) is 95.6 cm³/mol. The first-order chi connectivity index (χ1) is 10.7. The van der Waals surface area contributed by atoms with Crippen molar-refractivity contribution in [1.29, 1.82) is 0 Å². The second kappa shape index (κ2) is 8.79. The zero-order valence-electron chi connectivity index (χ0n) is 14.2. The van der Waals surface area contributed by atoms with E-state index in [1.165, 1.54) is 42.0 Å². The van der Waals surface area contributed by atoms with Crippen LogP contribution >= 0.6 is 0 Å². The van der Waals surface area contributed by atoms with Crippen molar-refractivity contribution in [2.24, 2.45) is 0 Å². The number of fused-ring (bicyclic) bond motifs is 1. The van der Waals surface area contributed by atoms with Gasteiger partial charge >= 0.3 is 0 Å². The summed E-state index contributed by atoms with van der Waals surface area (Å²) in [4.78, 5) is 0. The number of ether oxygens (including phenoxy) is 1. The molecule has 22 heavy (non-hydrogen) atoms. The van der Waals surface area contributed by atoms with Crippen LogP contribution in [0.5, 0.6) is 5.75 Å². The first kappa shape index (κ1) is 16.8. The molecular weight excluding hydrogens is 270 g/mol. The standard InChI is InChI=1S/C20H29NO/c1-4-5-6-9-14-21-15-19-18-11-8-7-10-17(18)12-13-20(19)22-16(2)3/h7-8,10-13,16,21H,4-6,9,14-15H2,1-3H3. The van der Waals surface area contributed by atoms with Crippen LogP contribution in [0.25, 0.3) is 10.8 Å². The molecular formula is C20H29NO. The molecule has 0 aliphatic rings. The lowest BCUT2D eigenvalue weighted by Gasteiger charge is -2.17. The minimum atomic E-state index is 0.199. The summed E-state index contributed by atoms with van der Waals surface area (Å²) in [6, 6.07) is 12.8. The summed E-state index contributed by atoms with van der Waals surface area (Å²) in [6.45, 7) is 8.35. The minimum Gasteiger partial charge on any atom is -0.491 e. The summed E-state index contributed by atoms with van der Waals surface area (Å²) < 4.78 is 6.01. The maximum atomic E-state index is 6.01. The molecule has 0 saturated carbocycles. The molecule has 1 N–H and O–H groups in total. The average molecular weight is 299 g/mol. The van der Waals surface area contributed by atoms with Crippen LogP contribution in [0.3, 0.4) is 0 Å². The van der Waals surface area contributed by atoms with E-state index in [1.54, 1.807) is 0 Å². The molecule has 0 atom stereocenters. The van der Waals surface area contributed by atoms with Crippen LogP contribution in [-0.4, -0.2) is 12.6 Å². The Balaban J connectivity index is 2.10. The molecule has 0 amide bonds. The zero-order chi connectivity index (χ0) is 15.8. The highest BCUT2D eigenvalue weighted by Crippen LogP contribution is 2.28. The van der Waals surface area contributed by atoms with Gasteiger partial charge in [-0.25, -0.2) is 0 Å². The fourth-order valence-corrected chi connectivity index (χ4v) is 2.75. The summed E-state index contributed by atoms with van der Waals surface area (Å²) in [5, 5.41) is 6.16. The lowest BCUT2D eigenvalue weighted by Crippen LogP contribution is -2.17. The van der Waals surface area contributed by atoms with Crippen LogP contribution < -0.4 is 10.1 Å². The van der Waals surface area contributed by atoms with E-state index in [9.17, 15) is 0 Å². The van der Waals surface area contributed by atoms with Crippen molar-refractivity contribution < 1.29 is 4.74 Å². The number of benzene rings is 2. The fraction of sp³-hybridized carbons (Fsp3) is 0.500. The van der Waals surface area contributed by atoms with Gasteiger partial charge in [-0.05, 0) is 43.7 Å². The van der Waals surface area contributed by atoms with Crippen molar-refractivity contribution in [1.82, 2.24) is 5.32 Å². The van der Waals surface area contributed by atoms with Crippen LogP contribution in [-0.2, 0) is 6.54 Å².